The SMILES string of the molecule is C[C@@H](OC(=O)CNC(=O)c1ccc(Oc2ccccc2)cc1)c1ccccc1. The van der Waals surface area contributed by atoms with Gasteiger partial charge < -0.3 is 14.8 Å². The minimum atomic E-state index is -0.492. The van der Waals surface area contributed by atoms with E-state index in [1.165, 1.54) is 0 Å². The Hall–Kier alpha value is -3.60. The lowest BCUT2D eigenvalue weighted by Crippen LogP contribution is -2.31. The second-order valence-electron chi connectivity index (χ2n) is 6.16. The number of carbonyl (C=O) groups excluding carboxylic acids is 2. The molecular formula is C23H21NO4. The summed E-state index contributed by atoms with van der Waals surface area (Å²) in [5, 5.41) is 2.57. The van der Waals surface area contributed by atoms with Crippen LogP contribution in [-0.4, -0.2) is 18.4 Å². The standard InChI is InChI=1S/C23H21NO4/c1-17(18-8-4-2-5-9-18)27-22(25)16-24-23(26)19-12-14-21(15-13-19)28-20-10-6-3-7-11-20/h2-15,17H,16H2,1H3,(H,24,26)/t17-/m1/s1. The van der Waals surface area contributed by atoms with Gasteiger partial charge in [0.15, 0.2) is 0 Å². The molecule has 1 amide bonds. The molecule has 0 spiro atoms. The minimum Gasteiger partial charge on any atom is -0.457 e. The third-order valence-electron chi connectivity index (χ3n) is 4.07. The fourth-order valence-electron chi connectivity index (χ4n) is 2.58. The Balaban J connectivity index is 1.48. The molecule has 0 saturated heterocycles. The Labute approximate surface area is 163 Å². The Morgan fingerprint density at radius 1 is 0.821 bits per heavy atom. The van der Waals surface area contributed by atoms with Gasteiger partial charge in [0.1, 0.15) is 24.1 Å². The highest BCUT2D eigenvalue weighted by molar-refractivity contribution is 5.96. The molecule has 1 N–H and O–H groups in total. The van der Waals surface area contributed by atoms with E-state index in [9.17, 15) is 9.59 Å². The number of ether oxygens (including phenoxy) is 2. The molecule has 3 aromatic rings. The molecule has 0 saturated carbocycles. The van der Waals surface area contributed by atoms with Crippen LogP contribution in [0.1, 0.15) is 28.9 Å². The van der Waals surface area contributed by atoms with E-state index in [1.807, 2.05) is 60.7 Å². The summed E-state index contributed by atoms with van der Waals surface area (Å²) in [5.74, 6) is 0.498. The molecule has 0 aromatic heterocycles. The first-order chi connectivity index (χ1) is 13.6. The number of esters is 1. The number of carbonyl (C=O) groups is 2. The van der Waals surface area contributed by atoms with E-state index in [2.05, 4.69) is 5.32 Å². The molecule has 0 heterocycles. The third kappa shape index (κ3) is 5.45. The maximum atomic E-state index is 12.2. The molecule has 5 heteroatoms. The van der Waals surface area contributed by atoms with Crippen LogP contribution in [0.15, 0.2) is 84.9 Å². The molecule has 28 heavy (non-hydrogen) atoms. The molecule has 0 aliphatic heterocycles. The van der Waals surface area contributed by atoms with Crippen molar-refractivity contribution in [2.24, 2.45) is 0 Å². The zero-order valence-electron chi connectivity index (χ0n) is 15.5. The van der Waals surface area contributed by atoms with Crippen molar-refractivity contribution in [2.45, 2.75) is 13.0 Å². The second-order valence-corrected chi connectivity index (χ2v) is 6.16. The highest BCUT2D eigenvalue weighted by Gasteiger charge is 2.13. The number of para-hydroxylation sites is 1. The van der Waals surface area contributed by atoms with Crippen LogP contribution in [0, 0.1) is 0 Å². The summed E-state index contributed by atoms with van der Waals surface area (Å²) in [6.45, 7) is 1.60. The van der Waals surface area contributed by atoms with Gasteiger partial charge in [0, 0.05) is 5.56 Å². The molecule has 3 aromatic carbocycles. The van der Waals surface area contributed by atoms with E-state index < -0.39 is 5.97 Å². The van der Waals surface area contributed by atoms with Gasteiger partial charge >= 0.3 is 5.97 Å². The molecule has 3 rings (SSSR count). The fourth-order valence-corrected chi connectivity index (χ4v) is 2.58. The smallest absolute Gasteiger partial charge is 0.326 e. The van der Waals surface area contributed by atoms with Crippen LogP contribution in [0.5, 0.6) is 11.5 Å². The zero-order valence-corrected chi connectivity index (χ0v) is 15.5. The molecule has 0 fully saturated rings. The lowest BCUT2D eigenvalue weighted by Gasteiger charge is -2.14. The van der Waals surface area contributed by atoms with Gasteiger partial charge in [-0.2, -0.15) is 0 Å². The van der Waals surface area contributed by atoms with Crippen molar-refractivity contribution in [2.75, 3.05) is 6.54 Å². The summed E-state index contributed by atoms with van der Waals surface area (Å²) in [4.78, 5) is 24.2. The lowest BCUT2D eigenvalue weighted by molar-refractivity contribution is -0.147. The van der Waals surface area contributed by atoms with Gasteiger partial charge in [-0.25, -0.2) is 0 Å². The first kappa shape index (κ1) is 19.2. The molecule has 1 atom stereocenters. The largest absolute Gasteiger partial charge is 0.457 e. The van der Waals surface area contributed by atoms with Crippen molar-refractivity contribution in [3.8, 4) is 11.5 Å². The highest BCUT2D eigenvalue weighted by Crippen LogP contribution is 2.21. The maximum absolute atomic E-state index is 12.2. The summed E-state index contributed by atoms with van der Waals surface area (Å²) < 4.78 is 11.0. The van der Waals surface area contributed by atoms with Crippen molar-refractivity contribution < 1.29 is 19.1 Å². The topological polar surface area (TPSA) is 64.6 Å². The summed E-state index contributed by atoms with van der Waals surface area (Å²) in [5.41, 5.74) is 1.33. The molecule has 0 bridgehead atoms. The van der Waals surface area contributed by atoms with E-state index in [-0.39, 0.29) is 18.6 Å². The van der Waals surface area contributed by atoms with E-state index >= 15 is 0 Å². The van der Waals surface area contributed by atoms with Gasteiger partial charge in [-0.1, -0.05) is 48.5 Å². The number of nitrogens with one attached hydrogen (secondary N) is 1. The molecule has 0 aliphatic rings. The highest BCUT2D eigenvalue weighted by atomic mass is 16.5. The normalized spacial score (nSPS) is 11.3. The van der Waals surface area contributed by atoms with Crippen LogP contribution in [0.25, 0.3) is 0 Å². The molecule has 142 valence electrons. The molecule has 0 unspecified atom stereocenters. The fraction of sp³-hybridized carbons (Fsp3) is 0.130. The Bertz CT molecular complexity index is 908. The summed E-state index contributed by atoms with van der Waals surface area (Å²) >= 11 is 0. The second kappa shape index (κ2) is 9.37. The van der Waals surface area contributed by atoms with Crippen molar-refractivity contribution >= 4 is 11.9 Å². The predicted octanol–water partition coefficient (Wildman–Crippen LogP) is 4.51. The van der Waals surface area contributed by atoms with Gasteiger partial charge in [-0.05, 0) is 48.9 Å². The molecular weight excluding hydrogens is 354 g/mol. The molecule has 0 aliphatic carbocycles. The predicted molar refractivity (Wildman–Crippen MR) is 106 cm³/mol. The Morgan fingerprint density at radius 3 is 2.04 bits per heavy atom. The van der Waals surface area contributed by atoms with E-state index in [0.717, 1.165) is 11.3 Å². The number of hydrogen-bond acceptors (Lipinski definition) is 4. The van der Waals surface area contributed by atoms with E-state index in [0.29, 0.717) is 11.3 Å². The summed E-state index contributed by atoms with van der Waals surface area (Å²) in [6, 6.07) is 25.5. The number of hydrogen-bond donors (Lipinski definition) is 1. The van der Waals surface area contributed by atoms with Gasteiger partial charge in [-0.3, -0.25) is 9.59 Å². The lowest BCUT2D eigenvalue weighted by atomic mass is 10.1. The first-order valence-corrected chi connectivity index (χ1v) is 8.97. The summed E-state index contributed by atoms with van der Waals surface area (Å²) in [7, 11) is 0. The third-order valence-corrected chi connectivity index (χ3v) is 4.07. The average Bonchev–Trinajstić information content (AvgIpc) is 2.74. The van der Waals surface area contributed by atoms with Crippen molar-refractivity contribution in [3.63, 3.8) is 0 Å². The van der Waals surface area contributed by atoms with Crippen LogP contribution in [0.4, 0.5) is 0 Å². The minimum absolute atomic E-state index is 0.196. The van der Waals surface area contributed by atoms with Crippen molar-refractivity contribution in [1.82, 2.24) is 5.32 Å². The monoisotopic (exact) mass is 375 g/mol. The average molecular weight is 375 g/mol. The Kier molecular flexibility index (Phi) is 6.41. The van der Waals surface area contributed by atoms with Crippen LogP contribution >= 0.6 is 0 Å². The van der Waals surface area contributed by atoms with E-state index in [4.69, 9.17) is 9.47 Å². The van der Waals surface area contributed by atoms with Crippen LogP contribution in [-0.2, 0) is 9.53 Å². The van der Waals surface area contributed by atoms with Crippen LogP contribution in [0.2, 0.25) is 0 Å². The number of rotatable bonds is 7. The van der Waals surface area contributed by atoms with Gasteiger partial charge in [-0.15, -0.1) is 0 Å². The number of benzene rings is 3. The van der Waals surface area contributed by atoms with Gasteiger partial charge in [0.05, 0.1) is 0 Å². The molecule has 5 nitrogen and oxygen atoms in total. The zero-order chi connectivity index (χ0) is 19.8. The van der Waals surface area contributed by atoms with Crippen LogP contribution < -0.4 is 10.1 Å². The van der Waals surface area contributed by atoms with E-state index in [1.54, 1.807) is 31.2 Å². The summed E-state index contributed by atoms with van der Waals surface area (Å²) in [6.07, 6.45) is -0.375. The van der Waals surface area contributed by atoms with Crippen LogP contribution in [0.3, 0.4) is 0 Å². The quantitative estimate of drug-likeness (QED) is 0.617. The first-order valence-electron chi connectivity index (χ1n) is 8.97. The Morgan fingerprint density at radius 2 is 1.39 bits per heavy atom. The maximum Gasteiger partial charge on any atom is 0.326 e. The van der Waals surface area contributed by atoms with Gasteiger partial charge in [0.2, 0.25) is 0 Å². The van der Waals surface area contributed by atoms with Crippen molar-refractivity contribution in [1.29, 1.82) is 0 Å². The molecule has 0 radical (unpaired) electrons. The number of amides is 1. The van der Waals surface area contributed by atoms with Crippen molar-refractivity contribution in [3.05, 3.63) is 96.1 Å². The van der Waals surface area contributed by atoms with Gasteiger partial charge in [0.25, 0.3) is 5.91 Å².